The third-order valence-corrected chi connectivity index (χ3v) is 2.27. The summed E-state index contributed by atoms with van der Waals surface area (Å²) in [6.07, 6.45) is -4.52. The Morgan fingerprint density at radius 2 is 1.95 bits per heavy atom. The molecular weight excluding hydrogens is 261 g/mol. The number of ether oxygens (including phenoxy) is 2. The highest BCUT2D eigenvalue weighted by Crippen LogP contribution is 2.29. The average molecular weight is 276 g/mol. The van der Waals surface area contributed by atoms with Gasteiger partial charge in [0.05, 0.1) is 13.2 Å². The molecular formula is C13H15F3O3. The lowest BCUT2D eigenvalue weighted by molar-refractivity contribution is -0.136. The van der Waals surface area contributed by atoms with Gasteiger partial charge in [0.25, 0.3) is 0 Å². The lowest BCUT2D eigenvalue weighted by Gasteiger charge is -2.12. The van der Waals surface area contributed by atoms with Gasteiger partial charge in [0.2, 0.25) is 0 Å². The van der Waals surface area contributed by atoms with Crippen LogP contribution in [0, 0.1) is 0 Å². The van der Waals surface area contributed by atoms with Crippen LogP contribution in [0.15, 0.2) is 18.2 Å². The minimum atomic E-state index is -4.17. The van der Waals surface area contributed by atoms with E-state index in [-0.39, 0.29) is 13.0 Å². The summed E-state index contributed by atoms with van der Waals surface area (Å²) >= 11 is 0. The quantitative estimate of drug-likeness (QED) is 0.563. The van der Waals surface area contributed by atoms with Crippen LogP contribution in [0.4, 0.5) is 13.2 Å². The van der Waals surface area contributed by atoms with Crippen LogP contribution in [0.3, 0.4) is 0 Å². The molecule has 1 aromatic rings. The molecule has 0 saturated carbocycles. The molecule has 0 saturated heterocycles. The molecule has 0 aromatic heterocycles. The van der Waals surface area contributed by atoms with Crippen molar-refractivity contribution in [2.24, 2.45) is 0 Å². The van der Waals surface area contributed by atoms with E-state index < -0.39 is 12.6 Å². The highest BCUT2D eigenvalue weighted by Gasteiger charge is 2.26. The third-order valence-electron chi connectivity index (χ3n) is 2.27. The summed E-state index contributed by atoms with van der Waals surface area (Å²) in [5.74, 6) is 0.703. The van der Waals surface area contributed by atoms with Crippen LogP contribution in [0.5, 0.6) is 11.5 Å². The van der Waals surface area contributed by atoms with Crippen molar-refractivity contribution in [3.05, 3.63) is 23.8 Å². The number of halogens is 3. The predicted octanol–water partition coefficient (Wildman–Crippen LogP) is 3.62. The van der Waals surface area contributed by atoms with Crippen LogP contribution in [0.25, 0.3) is 0 Å². The second-order valence-electron chi connectivity index (χ2n) is 3.82. The Kier molecular flexibility index (Phi) is 5.66. The normalized spacial score (nSPS) is 11.2. The van der Waals surface area contributed by atoms with Gasteiger partial charge in [0, 0.05) is 12.0 Å². The van der Waals surface area contributed by atoms with E-state index in [9.17, 15) is 18.0 Å². The van der Waals surface area contributed by atoms with E-state index in [1.165, 1.54) is 18.2 Å². The largest absolute Gasteiger partial charge is 0.490 e. The van der Waals surface area contributed by atoms with E-state index in [1.54, 1.807) is 6.92 Å². The smallest absolute Gasteiger partial charge is 0.389 e. The Labute approximate surface area is 109 Å². The Bertz CT molecular complexity index is 416. The number of benzene rings is 1. The maximum atomic E-state index is 12.0. The monoisotopic (exact) mass is 276 g/mol. The molecule has 0 bridgehead atoms. The number of hydrogen-bond acceptors (Lipinski definition) is 3. The second kappa shape index (κ2) is 7.01. The first-order valence-corrected chi connectivity index (χ1v) is 5.88. The zero-order valence-electron chi connectivity index (χ0n) is 10.5. The van der Waals surface area contributed by atoms with Gasteiger partial charge < -0.3 is 9.47 Å². The van der Waals surface area contributed by atoms with E-state index in [2.05, 4.69) is 0 Å². The van der Waals surface area contributed by atoms with Crippen LogP contribution in [-0.2, 0) is 0 Å². The topological polar surface area (TPSA) is 35.5 Å². The van der Waals surface area contributed by atoms with Crippen molar-refractivity contribution in [1.29, 1.82) is 0 Å². The first-order chi connectivity index (χ1) is 8.96. The lowest BCUT2D eigenvalue weighted by Crippen LogP contribution is -2.10. The Hall–Kier alpha value is -1.72. The summed E-state index contributed by atoms with van der Waals surface area (Å²) in [5.41, 5.74) is 0.422. The van der Waals surface area contributed by atoms with E-state index >= 15 is 0 Å². The van der Waals surface area contributed by atoms with Gasteiger partial charge in [-0.1, -0.05) is 0 Å². The second-order valence-corrected chi connectivity index (χ2v) is 3.82. The van der Waals surface area contributed by atoms with Crippen LogP contribution in [-0.4, -0.2) is 25.7 Å². The van der Waals surface area contributed by atoms with E-state index in [4.69, 9.17) is 9.47 Å². The van der Waals surface area contributed by atoms with E-state index in [0.717, 1.165) is 0 Å². The molecule has 3 nitrogen and oxygen atoms in total. The van der Waals surface area contributed by atoms with Gasteiger partial charge in [-0.05, 0) is 31.5 Å². The standard InChI is InChI=1S/C13H15F3O3/c1-2-18-12-8-10(9-17)4-5-11(12)19-7-3-6-13(14,15)16/h4-5,8-9H,2-3,6-7H2,1H3. The summed E-state index contributed by atoms with van der Waals surface area (Å²) in [4.78, 5) is 10.6. The van der Waals surface area contributed by atoms with Crippen molar-refractivity contribution in [3.63, 3.8) is 0 Å². The Morgan fingerprint density at radius 1 is 1.21 bits per heavy atom. The molecule has 1 aromatic carbocycles. The van der Waals surface area contributed by atoms with Gasteiger partial charge in [-0.25, -0.2) is 0 Å². The minimum Gasteiger partial charge on any atom is -0.490 e. The van der Waals surface area contributed by atoms with Crippen molar-refractivity contribution < 1.29 is 27.4 Å². The molecule has 0 spiro atoms. The summed E-state index contributed by atoms with van der Waals surface area (Å²) < 4.78 is 46.4. The van der Waals surface area contributed by atoms with Crippen molar-refractivity contribution in [1.82, 2.24) is 0 Å². The first-order valence-electron chi connectivity index (χ1n) is 5.88. The molecule has 0 aliphatic rings. The summed E-state index contributed by atoms with van der Waals surface area (Å²) in [6.45, 7) is 2.09. The molecule has 0 atom stereocenters. The van der Waals surface area contributed by atoms with Gasteiger partial charge in [-0.3, -0.25) is 4.79 Å². The molecule has 0 fully saturated rings. The number of alkyl halides is 3. The van der Waals surface area contributed by atoms with Gasteiger partial charge in [0.15, 0.2) is 11.5 Å². The number of carbonyl (C=O) groups excluding carboxylic acids is 1. The molecule has 106 valence electrons. The van der Waals surface area contributed by atoms with Gasteiger partial charge in [-0.2, -0.15) is 13.2 Å². The minimum absolute atomic E-state index is 0.0555. The Balaban J connectivity index is 2.59. The molecule has 0 aliphatic carbocycles. The third kappa shape index (κ3) is 5.63. The molecule has 0 N–H and O–H groups in total. The molecule has 6 heteroatoms. The molecule has 0 radical (unpaired) electrons. The molecule has 1 rings (SSSR count). The van der Waals surface area contributed by atoms with Crippen LogP contribution >= 0.6 is 0 Å². The van der Waals surface area contributed by atoms with Crippen LogP contribution in [0.2, 0.25) is 0 Å². The number of rotatable bonds is 7. The zero-order chi connectivity index (χ0) is 14.3. The molecule has 19 heavy (non-hydrogen) atoms. The van der Waals surface area contributed by atoms with Crippen LogP contribution in [0.1, 0.15) is 30.1 Å². The maximum absolute atomic E-state index is 12.0. The highest BCUT2D eigenvalue weighted by molar-refractivity contribution is 5.76. The van der Waals surface area contributed by atoms with Gasteiger partial charge in [0.1, 0.15) is 6.29 Å². The number of aldehydes is 1. The zero-order valence-corrected chi connectivity index (χ0v) is 10.5. The van der Waals surface area contributed by atoms with Gasteiger partial charge >= 0.3 is 6.18 Å². The molecule has 0 aliphatic heterocycles. The average Bonchev–Trinajstić information content (AvgIpc) is 2.35. The molecule has 0 amide bonds. The number of hydrogen-bond donors (Lipinski definition) is 0. The molecule has 0 heterocycles. The lowest BCUT2D eigenvalue weighted by atomic mass is 10.2. The van der Waals surface area contributed by atoms with E-state index in [1.807, 2.05) is 0 Å². The SMILES string of the molecule is CCOc1cc(C=O)ccc1OCCCC(F)(F)F. The Morgan fingerprint density at radius 3 is 2.53 bits per heavy atom. The van der Waals surface area contributed by atoms with Crippen molar-refractivity contribution >= 4 is 6.29 Å². The van der Waals surface area contributed by atoms with Gasteiger partial charge in [-0.15, -0.1) is 0 Å². The van der Waals surface area contributed by atoms with Crippen molar-refractivity contribution in [2.75, 3.05) is 13.2 Å². The van der Waals surface area contributed by atoms with Crippen LogP contribution < -0.4 is 9.47 Å². The number of carbonyl (C=O) groups is 1. The summed E-state index contributed by atoms with van der Waals surface area (Å²) in [5, 5.41) is 0. The predicted molar refractivity (Wildman–Crippen MR) is 63.8 cm³/mol. The van der Waals surface area contributed by atoms with Crippen molar-refractivity contribution in [3.8, 4) is 11.5 Å². The molecule has 0 unspecified atom stereocenters. The van der Waals surface area contributed by atoms with Crippen molar-refractivity contribution in [2.45, 2.75) is 25.9 Å². The summed E-state index contributed by atoms with van der Waals surface area (Å²) in [7, 11) is 0. The highest BCUT2D eigenvalue weighted by atomic mass is 19.4. The fourth-order valence-corrected chi connectivity index (χ4v) is 1.44. The first kappa shape index (κ1) is 15.3. The fourth-order valence-electron chi connectivity index (χ4n) is 1.44. The fraction of sp³-hybridized carbons (Fsp3) is 0.462. The summed E-state index contributed by atoms with van der Waals surface area (Å²) in [6, 6.07) is 4.53. The maximum Gasteiger partial charge on any atom is 0.389 e. The van der Waals surface area contributed by atoms with E-state index in [0.29, 0.717) is 30.0 Å².